The van der Waals surface area contributed by atoms with E-state index in [0.717, 1.165) is 17.0 Å². The van der Waals surface area contributed by atoms with E-state index in [2.05, 4.69) is 22.0 Å². The highest BCUT2D eigenvalue weighted by molar-refractivity contribution is 5.93. The Kier molecular flexibility index (Phi) is 6.61. The van der Waals surface area contributed by atoms with Gasteiger partial charge in [0.05, 0.1) is 5.56 Å². The first-order valence-corrected chi connectivity index (χ1v) is 8.99. The van der Waals surface area contributed by atoms with E-state index in [4.69, 9.17) is 4.74 Å². The highest BCUT2D eigenvalue weighted by Gasteiger charge is 2.22. The van der Waals surface area contributed by atoms with Crippen LogP contribution >= 0.6 is 0 Å². The molecular weight excluding hydrogens is 328 g/mol. The maximum atomic E-state index is 12.5. The Morgan fingerprint density at radius 3 is 2.38 bits per heavy atom. The number of rotatable bonds is 7. The van der Waals surface area contributed by atoms with Gasteiger partial charge in [0, 0.05) is 24.5 Å². The molecule has 1 aromatic heterocycles. The fourth-order valence-electron chi connectivity index (χ4n) is 2.74. The minimum Gasteiger partial charge on any atom is -0.449 e. The maximum absolute atomic E-state index is 12.5. The van der Waals surface area contributed by atoms with Crippen LogP contribution in [0.3, 0.4) is 0 Å². The molecule has 0 aliphatic carbocycles. The molecule has 26 heavy (non-hydrogen) atoms. The Hall–Kier alpha value is -2.56. The van der Waals surface area contributed by atoms with Crippen molar-refractivity contribution in [3.05, 3.63) is 58.9 Å². The second-order valence-electron chi connectivity index (χ2n) is 7.04. The summed E-state index contributed by atoms with van der Waals surface area (Å²) in [6.07, 6.45) is -0.821. The molecule has 2 aromatic rings. The highest BCUT2D eigenvalue weighted by atomic mass is 16.5. The van der Waals surface area contributed by atoms with Gasteiger partial charge < -0.3 is 14.6 Å². The van der Waals surface area contributed by atoms with E-state index < -0.39 is 12.1 Å². The monoisotopic (exact) mass is 356 g/mol. The largest absolute Gasteiger partial charge is 0.449 e. The van der Waals surface area contributed by atoms with Gasteiger partial charge in [0.1, 0.15) is 0 Å². The molecule has 140 valence electrons. The van der Waals surface area contributed by atoms with Crippen LogP contribution in [0.1, 0.15) is 48.1 Å². The third-order valence-electron chi connectivity index (χ3n) is 4.31. The van der Waals surface area contributed by atoms with Crippen LogP contribution in [0.25, 0.3) is 0 Å². The summed E-state index contributed by atoms with van der Waals surface area (Å²) in [6.45, 7) is 10.7. The van der Waals surface area contributed by atoms with Crippen molar-refractivity contribution in [2.45, 2.75) is 47.3 Å². The molecule has 1 aromatic carbocycles. The molecule has 0 aliphatic heterocycles. The molecule has 5 nitrogen and oxygen atoms in total. The van der Waals surface area contributed by atoms with Gasteiger partial charge in [-0.3, -0.25) is 4.79 Å². The molecule has 0 saturated carbocycles. The first-order valence-electron chi connectivity index (χ1n) is 8.99. The van der Waals surface area contributed by atoms with Crippen LogP contribution in [0.15, 0.2) is 36.4 Å². The lowest BCUT2D eigenvalue weighted by atomic mass is 10.2. The summed E-state index contributed by atoms with van der Waals surface area (Å²) >= 11 is 0. The average Bonchev–Trinajstić information content (AvgIpc) is 2.88. The zero-order chi connectivity index (χ0) is 19.3. The van der Waals surface area contributed by atoms with Gasteiger partial charge >= 0.3 is 5.97 Å². The number of hydrogen-bond donors (Lipinski definition) is 1. The van der Waals surface area contributed by atoms with Gasteiger partial charge in [-0.1, -0.05) is 44.2 Å². The van der Waals surface area contributed by atoms with Gasteiger partial charge in [0.15, 0.2) is 6.10 Å². The number of hydrogen-bond acceptors (Lipinski definition) is 3. The van der Waals surface area contributed by atoms with Gasteiger partial charge in [0.2, 0.25) is 0 Å². The quantitative estimate of drug-likeness (QED) is 0.773. The molecule has 0 radical (unpaired) electrons. The van der Waals surface area contributed by atoms with Crippen LogP contribution in [-0.4, -0.2) is 29.1 Å². The Labute approximate surface area is 155 Å². The van der Waals surface area contributed by atoms with Crippen molar-refractivity contribution in [1.29, 1.82) is 0 Å². The Bertz CT molecular complexity index is 763. The van der Waals surface area contributed by atoms with Gasteiger partial charge in [-0.25, -0.2) is 4.79 Å². The van der Waals surface area contributed by atoms with Gasteiger partial charge in [-0.2, -0.15) is 0 Å². The van der Waals surface area contributed by atoms with Crippen molar-refractivity contribution in [3.63, 3.8) is 0 Å². The molecule has 0 bridgehead atoms. The predicted octanol–water partition coefficient (Wildman–Crippen LogP) is 3.47. The van der Waals surface area contributed by atoms with Crippen molar-refractivity contribution in [3.8, 4) is 0 Å². The minimum atomic E-state index is -0.821. The lowest BCUT2D eigenvalue weighted by Gasteiger charge is -2.15. The number of ether oxygens (including phenoxy) is 1. The van der Waals surface area contributed by atoms with Crippen LogP contribution in [0.5, 0.6) is 0 Å². The smallest absolute Gasteiger partial charge is 0.340 e. The molecule has 0 aliphatic rings. The predicted molar refractivity (Wildman–Crippen MR) is 102 cm³/mol. The number of aryl methyl sites for hydroxylation is 1. The lowest BCUT2D eigenvalue weighted by Crippen LogP contribution is -2.37. The Balaban J connectivity index is 2.07. The van der Waals surface area contributed by atoms with Crippen molar-refractivity contribution < 1.29 is 14.3 Å². The van der Waals surface area contributed by atoms with E-state index in [1.807, 2.05) is 52.0 Å². The molecule has 1 heterocycles. The number of nitrogens with one attached hydrogen (secondary N) is 1. The van der Waals surface area contributed by atoms with Crippen molar-refractivity contribution in [2.24, 2.45) is 5.92 Å². The van der Waals surface area contributed by atoms with Gasteiger partial charge in [-0.05, 0) is 38.3 Å². The molecule has 1 atom stereocenters. The first kappa shape index (κ1) is 19.8. The number of amides is 1. The van der Waals surface area contributed by atoms with Crippen molar-refractivity contribution in [1.82, 2.24) is 9.88 Å². The van der Waals surface area contributed by atoms with Crippen LogP contribution in [0.2, 0.25) is 0 Å². The summed E-state index contributed by atoms with van der Waals surface area (Å²) in [7, 11) is 0. The number of esters is 1. The summed E-state index contributed by atoms with van der Waals surface area (Å²) in [5.74, 6) is -0.395. The van der Waals surface area contributed by atoms with Crippen LogP contribution < -0.4 is 5.32 Å². The second kappa shape index (κ2) is 8.70. The van der Waals surface area contributed by atoms with E-state index in [-0.39, 0.29) is 5.91 Å². The Morgan fingerprint density at radius 1 is 1.12 bits per heavy atom. The third kappa shape index (κ3) is 4.97. The van der Waals surface area contributed by atoms with Crippen LogP contribution in [-0.2, 0) is 16.1 Å². The minimum absolute atomic E-state index is 0.273. The van der Waals surface area contributed by atoms with E-state index in [0.29, 0.717) is 24.6 Å². The van der Waals surface area contributed by atoms with Crippen molar-refractivity contribution in [2.75, 3.05) is 6.54 Å². The van der Waals surface area contributed by atoms with E-state index in [9.17, 15) is 9.59 Å². The average molecular weight is 356 g/mol. The molecule has 5 heteroatoms. The van der Waals surface area contributed by atoms with Crippen LogP contribution in [0, 0.1) is 19.8 Å². The normalized spacial score (nSPS) is 12.1. The molecule has 0 spiro atoms. The van der Waals surface area contributed by atoms with E-state index >= 15 is 0 Å². The Morgan fingerprint density at radius 2 is 1.77 bits per heavy atom. The van der Waals surface area contributed by atoms with E-state index in [1.54, 1.807) is 6.92 Å². The van der Waals surface area contributed by atoms with E-state index in [1.165, 1.54) is 0 Å². The summed E-state index contributed by atoms with van der Waals surface area (Å²) < 4.78 is 7.44. The zero-order valence-corrected chi connectivity index (χ0v) is 16.2. The zero-order valence-electron chi connectivity index (χ0n) is 16.2. The molecule has 1 amide bonds. The molecule has 0 unspecified atom stereocenters. The lowest BCUT2D eigenvalue weighted by molar-refractivity contribution is -0.129. The second-order valence-corrected chi connectivity index (χ2v) is 7.04. The highest BCUT2D eigenvalue weighted by Crippen LogP contribution is 2.18. The fourth-order valence-corrected chi connectivity index (χ4v) is 2.74. The molecule has 2 rings (SSSR count). The first-order chi connectivity index (χ1) is 12.3. The molecular formula is C21H28N2O3. The fraction of sp³-hybridized carbons (Fsp3) is 0.429. The van der Waals surface area contributed by atoms with Gasteiger partial charge in [-0.15, -0.1) is 0 Å². The third-order valence-corrected chi connectivity index (χ3v) is 4.31. The maximum Gasteiger partial charge on any atom is 0.340 e. The van der Waals surface area contributed by atoms with Gasteiger partial charge in [0.25, 0.3) is 5.91 Å². The standard InChI is InChI=1S/C21H28N2O3/c1-14(2)12-22-20(24)17(5)26-21(25)19-11-15(3)23(16(19)4)13-18-9-7-6-8-10-18/h6-11,14,17H,12-13H2,1-5H3,(H,22,24)/t17-/m1/s1. The summed E-state index contributed by atoms with van der Waals surface area (Å²) in [5, 5.41) is 2.78. The number of aromatic nitrogens is 1. The number of benzene rings is 1. The SMILES string of the molecule is Cc1cc(C(=O)O[C@H](C)C(=O)NCC(C)C)c(C)n1Cc1ccccc1. The topological polar surface area (TPSA) is 60.3 Å². The summed E-state index contributed by atoms with van der Waals surface area (Å²) in [4.78, 5) is 24.5. The number of carbonyl (C=O) groups is 2. The summed E-state index contributed by atoms with van der Waals surface area (Å²) in [5.41, 5.74) is 3.49. The summed E-state index contributed by atoms with van der Waals surface area (Å²) in [6, 6.07) is 11.9. The molecule has 0 saturated heterocycles. The molecule has 0 fully saturated rings. The molecule has 1 N–H and O–H groups in total. The number of nitrogens with zero attached hydrogens (tertiary/aromatic N) is 1. The number of carbonyl (C=O) groups excluding carboxylic acids is 2. The van der Waals surface area contributed by atoms with Crippen molar-refractivity contribution >= 4 is 11.9 Å². The van der Waals surface area contributed by atoms with Crippen LogP contribution in [0.4, 0.5) is 0 Å².